The number of carbonyl (C=O) groups is 2. The number of anilines is 1. The van der Waals surface area contributed by atoms with Crippen LogP contribution in [0.15, 0.2) is 40.8 Å². The van der Waals surface area contributed by atoms with Gasteiger partial charge in [-0.1, -0.05) is 49.3 Å². The number of nitrogens with zero attached hydrogens (tertiary/aromatic N) is 2. The standard InChI is InChI=1S/C25H28N2O2S/c1-13(2)11-15-5-7-16(8-6-15)19-12-30-25(26-19)27-23(28)21-17-9-10-18(20(17)14(3)4)22(21)24(27)29/h5-8,12-13,17-18,21-22H,9-11H2,1-4H3/t17-,18-,21-,22+/m1/s1. The molecule has 0 spiro atoms. The van der Waals surface area contributed by atoms with Gasteiger partial charge in [0.25, 0.3) is 0 Å². The number of aromatic nitrogens is 1. The monoisotopic (exact) mass is 420 g/mol. The molecule has 3 aliphatic rings. The molecule has 1 saturated heterocycles. The lowest BCUT2D eigenvalue weighted by molar-refractivity contribution is -0.123. The molecule has 2 aliphatic carbocycles. The molecule has 4 atom stereocenters. The van der Waals surface area contributed by atoms with Gasteiger partial charge in [-0.3, -0.25) is 9.59 Å². The second-order valence-corrected chi connectivity index (χ2v) is 10.5. The number of carbonyl (C=O) groups excluding carboxylic acids is 2. The minimum absolute atomic E-state index is 0.0378. The van der Waals surface area contributed by atoms with E-state index in [1.165, 1.54) is 32.9 Å². The molecular formula is C25H28N2O2S. The van der Waals surface area contributed by atoms with Crippen molar-refractivity contribution >= 4 is 28.3 Å². The van der Waals surface area contributed by atoms with E-state index in [1.54, 1.807) is 0 Å². The smallest absolute Gasteiger partial charge is 0.240 e. The van der Waals surface area contributed by atoms with E-state index in [4.69, 9.17) is 4.98 Å². The highest BCUT2D eigenvalue weighted by atomic mass is 32.1. The summed E-state index contributed by atoms with van der Waals surface area (Å²) in [6.07, 6.45) is 3.12. The first kappa shape index (κ1) is 19.7. The van der Waals surface area contributed by atoms with Crippen molar-refractivity contribution in [2.24, 2.45) is 29.6 Å². The number of hydrogen-bond acceptors (Lipinski definition) is 4. The zero-order chi connectivity index (χ0) is 21.2. The molecule has 156 valence electrons. The highest BCUT2D eigenvalue weighted by Gasteiger charge is 2.64. The van der Waals surface area contributed by atoms with Gasteiger partial charge in [0.1, 0.15) is 0 Å². The topological polar surface area (TPSA) is 50.3 Å². The highest BCUT2D eigenvalue weighted by molar-refractivity contribution is 7.14. The third-order valence-corrected chi connectivity index (χ3v) is 7.83. The molecule has 2 aromatic rings. The maximum Gasteiger partial charge on any atom is 0.240 e. The van der Waals surface area contributed by atoms with Crippen LogP contribution in [0.2, 0.25) is 0 Å². The van der Waals surface area contributed by atoms with Gasteiger partial charge in [0.05, 0.1) is 17.5 Å². The van der Waals surface area contributed by atoms with Crippen LogP contribution in [0.5, 0.6) is 0 Å². The van der Waals surface area contributed by atoms with Crippen molar-refractivity contribution in [3.8, 4) is 11.3 Å². The molecule has 5 heteroatoms. The van der Waals surface area contributed by atoms with Crippen LogP contribution in [-0.4, -0.2) is 16.8 Å². The second kappa shape index (κ2) is 7.16. The number of amides is 2. The van der Waals surface area contributed by atoms with Crippen LogP contribution in [0.25, 0.3) is 11.3 Å². The van der Waals surface area contributed by atoms with Crippen molar-refractivity contribution in [3.63, 3.8) is 0 Å². The summed E-state index contributed by atoms with van der Waals surface area (Å²) in [6, 6.07) is 8.45. The number of rotatable bonds is 4. The van der Waals surface area contributed by atoms with Crippen LogP contribution in [0.4, 0.5) is 5.13 Å². The van der Waals surface area contributed by atoms with Gasteiger partial charge in [0.15, 0.2) is 5.13 Å². The van der Waals surface area contributed by atoms with Crippen molar-refractivity contribution in [1.29, 1.82) is 0 Å². The lowest BCUT2D eigenvalue weighted by Crippen LogP contribution is -2.33. The highest BCUT2D eigenvalue weighted by Crippen LogP contribution is 2.60. The molecule has 0 N–H and O–H groups in total. The van der Waals surface area contributed by atoms with E-state index in [2.05, 4.69) is 52.0 Å². The quantitative estimate of drug-likeness (QED) is 0.485. The molecule has 4 nitrogen and oxygen atoms in total. The van der Waals surface area contributed by atoms with Crippen LogP contribution in [-0.2, 0) is 16.0 Å². The van der Waals surface area contributed by atoms with E-state index in [0.717, 1.165) is 30.5 Å². The zero-order valence-electron chi connectivity index (χ0n) is 18.0. The van der Waals surface area contributed by atoms with Gasteiger partial charge in [0.2, 0.25) is 11.8 Å². The number of fused-ring (bicyclic) bond motifs is 5. The van der Waals surface area contributed by atoms with Gasteiger partial charge < -0.3 is 0 Å². The Morgan fingerprint density at radius 3 is 2.20 bits per heavy atom. The average Bonchev–Trinajstić information content (AvgIpc) is 3.44. The van der Waals surface area contributed by atoms with Crippen molar-refractivity contribution < 1.29 is 9.59 Å². The number of hydrogen-bond donors (Lipinski definition) is 0. The van der Waals surface area contributed by atoms with Gasteiger partial charge in [0, 0.05) is 10.9 Å². The first-order valence-electron chi connectivity index (χ1n) is 11.0. The lowest BCUT2D eigenvalue weighted by Gasteiger charge is -2.18. The third-order valence-electron chi connectivity index (χ3n) is 7.01. The van der Waals surface area contributed by atoms with Crippen LogP contribution in [0.1, 0.15) is 46.1 Å². The second-order valence-electron chi connectivity index (χ2n) is 9.62. The summed E-state index contributed by atoms with van der Waals surface area (Å²) in [5.41, 5.74) is 5.84. The molecule has 30 heavy (non-hydrogen) atoms. The fourth-order valence-corrected chi connectivity index (χ4v) is 6.80. The first-order valence-corrected chi connectivity index (χ1v) is 11.8. The van der Waals surface area contributed by atoms with Gasteiger partial charge in [-0.25, -0.2) is 9.88 Å². The Bertz CT molecular complexity index is 1010. The Morgan fingerprint density at radius 2 is 1.67 bits per heavy atom. The Morgan fingerprint density at radius 1 is 1.07 bits per heavy atom. The molecule has 5 rings (SSSR count). The van der Waals surface area contributed by atoms with Crippen molar-refractivity contribution in [1.82, 2.24) is 4.98 Å². The Hall–Kier alpha value is -2.27. The minimum Gasteiger partial charge on any atom is -0.274 e. The summed E-state index contributed by atoms with van der Waals surface area (Å²) in [5.74, 6) is 0.690. The number of thiazole rings is 1. The van der Waals surface area contributed by atoms with Crippen molar-refractivity contribution in [2.75, 3.05) is 4.90 Å². The van der Waals surface area contributed by atoms with E-state index < -0.39 is 0 Å². The van der Waals surface area contributed by atoms with Crippen molar-refractivity contribution in [2.45, 2.75) is 47.0 Å². The summed E-state index contributed by atoms with van der Waals surface area (Å²) < 4.78 is 0. The molecule has 2 bridgehead atoms. The fraction of sp³-hybridized carbons (Fsp3) is 0.480. The van der Waals surface area contributed by atoms with E-state index in [-0.39, 0.29) is 35.5 Å². The molecular weight excluding hydrogens is 392 g/mol. The minimum atomic E-state index is -0.177. The number of allylic oxidation sites excluding steroid dienone is 2. The third kappa shape index (κ3) is 2.89. The Labute approximate surface area is 182 Å². The lowest BCUT2D eigenvalue weighted by atomic mass is 9.81. The molecule has 1 aromatic heterocycles. The first-order chi connectivity index (χ1) is 14.4. The molecule has 2 heterocycles. The SMILES string of the molecule is CC(C)=C1[C@H]2CC[C@H]1[C@H]1C(=O)N(c3nc(-c4ccc(CC(C)C)cc4)cs3)C(=O)[C@H]12. The van der Waals surface area contributed by atoms with Crippen LogP contribution >= 0.6 is 11.3 Å². The van der Waals surface area contributed by atoms with Crippen molar-refractivity contribution in [3.05, 3.63) is 46.4 Å². The molecule has 2 saturated carbocycles. The van der Waals surface area contributed by atoms with E-state index in [9.17, 15) is 9.59 Å². The Balaban J connectivity index is 1.41. The predicted octanol–water partition coefficient (Wildman–Crippen LogP) is 5.49. The maximum absolute atomic E-state index is 13.3. The molecule has 3 fully saturated rings. The van der Waals surface area contributed by atoms with E-state index in [1.807, 2.05) is 5.38 Å². The largest absolute Gasteiger partial charge is 0.274 e. The van der Waals surface area contributed by atoms with Gasteiger partial charge >= 0.3 is 0 Å². The van der Waals surface area contributed by atoms with E-state index in [0.29, 0.717) is 11.0 Å². The number of imide groups is 1. The van der Waals surface area contributed by atoms with Crippen LogP contribution in [0.3, 0.4) is 0 Å². The molecule has 1 aromatic carbocycles. The maximum atomic E-state index is 13.3. The number of benzene rings is 1. The molecule has 0 radical (unpaired) electrons. The van der Waals surface area contributed by atoms with E-state index >= 15 is 0 Å². The van der Waals surface area contributed by atoms with Gasteiger partial charge in [-0.05, 0) is 56.4 Å². The van der Waals surface area contributed by atoms with Gasteiger partial charge in [-0.2, -0.15) is 0 Å². The summed E-state index contributed by atoms with van der Waals surface area (Å²) in [4.78, 5) is 32.7. The summed E-state index contributed by atoms with van der Waals surface area (Å²) >= 11 is 1.39. The average molecular weight is 421 g/mol. The Kier molecular flexibility index (Phi) is 4.69. The summed E-state index contributed by atoms with van der Waals surface area (Å²) in [5, 5.41) is 2.48. The summed E-state index contributed by atoms with van der Waals surface area (Å²) in [6.45, 7) is 8.67. The van der Waals surface area contributed by atoms with Crippen LogP contribution < -0.4 is 4.90 Å². The predicted molar refractivity (Wildman–Crippen MR) is 120 cm³/mol. The molecule has 0 unspecified atom stereocenters. The zero-order valence-corrected chi connectivity index (χ0v) is 18.8. The molecule has 2 amide bonds. The van der Waals surface area contributed by atoms with Gasteiger partial charge in [-0.15, -0.1) is 11.3 Å². The summed E-state index contributed by atoms with van der Waals surface area (Å²) in [7, 11) is 0. The normalized spacial score (nSPS) is 27.5. The fourth-order valence-electron chi connectivity index (χ4n) is 5.96. The molecule has 1 aliphatic heterocycles. The van der Waals surface area contributed by atoms with Crippen LogP contribution in [0, 0.1) is 29.6 Å².